The van der Waals surface area contributed by atoms with Crippen molar-refractivity contribution in [1.82, 2.24) is 0 Å². The summed E-state index contributed by atoms with van der Waals surface area (Å²) >= 11 is 0. The molecular weight excluding hydrogens is 380 g/mol. The summed E-state index contributed by atoms with van der Waals surface area (Å²) in [5.74, 6) is 0.649. The van der Waals surface area contributed by atoms with Gasteiger partial charge < -0.3 is 9.47 Å². The van der Waals surface area contributed by atoms with Gasteiger partial charge in [0.15, 0.2) is 11.6 Å². The van der Waals surface area contributed by atoms with Gasteiger partial charge in [-0.1, -0.05) is 36.4 Å². The monoisotopic (exact) mass is 400 g/mol. The first-order valence-electron chi connectivity index (χ1n) is 9.51. The standard InChI is InChI=1S/C25H20O5/c1-14-18(11-19-15(13-26)7-6-10-21(19)29-2)23-20(12-22(14)30-3)24(27)16-8-4-5-9-17(16)25(23)28/h4-10,12-13H,11H2,1-3H3. The van der Waals surface area contributed by atoms with Crippen LogP contribution in [0, 0.1) is 6.92 Å². The second kappa shape index (κ2) is 7.59. The maximum Gasteiger partial charge on any atom is 0.194 e. The van der Waals surface area contributed by atoms with Crippen LogP contribution in [0.15, 0.2) is 48.5 Å². The van der Waals surface area contributed by atoms with Crippen LogP contribution in [0.25, 0.3) is 0 Å². The minimum Gasteiger partial charge on any atom is -0.496 e. The smallest absolute Gasteiger partial charge is 0.194 e. The maximum absolute atomic E-state index is 13.4. The summed E-state index contributed by atoms with van der Waals surface area (Å²) in [7, 11) is 3.06. The molecule has 5 heteroatoms. The number of hydrogen-bond acceptors (Lipinski definition) is 5. The molecule has 30 heavy (non-hydrogen) atoms. The SMILES string of the molecule is COc1cc2c(c(Cc3c(C=O)cccc3OC)c1C)C(=O)c1ccccc1C2=O. The largest absolute Gasteiger partial charge is 0.496 e. The number of methoxy groups -OCH3 is 2. The fourth-order valence-corrected chi connectivity index (χ4v) is 4.09. The van der Waals surface area contributed by atoms with Crippen LogP contribution >= 0.6 is 0 Å². The summed E-state index contributed by atoms with van der Waals surface area (Å²) < 4.78 is 11.0. The van der Waals surface area contributed by atoms with E-state index in [2.05, 4.69) is 0 Å². The lowest BCUT2D eigenvalue weighted by Gasteiger charge is -2.24. The molecule has 0 fully saturated rings. The highest BCUT2D eigenvalue weighted by Crippen LogP contribution is 2.38. The van der Waals surface area contributed by atoms with Crippen molar-refractivity contribution in [3.05, 3.63) is 93.0 Å². The van der Waals surface area contributed by atoms with Gasteiger partial charge in [0.1, 0.15) is 17.8 Å². The molecule has 0 amide bonds. The Kier molecular flexibility index (Phi) is 4.96. The first-order chi connectivity index (χ1) is 14.5. The number of carbonyl (C=O) groups is 3. The number of ketones is 2. The van der Waals surface area contributed by atoms with E-state index in [1.807, 2.05) is 6.92 Å². The first-order valence-corrected chi connectivity index (χ1v) is 9.51. The van der Waals surface area contributed by atoms with Crippen molar-refractivity contribution in [2.45, 2.75) is 13.3 Å². The maximum atomic E-state index is 13.4. The van der Waals surface area contributed by atoms with Crippen LogP contribution in [-0.2, 0) is 6.42 Å². The fourth-order valence-electron chi connectivity index (χ4n) is 4.09. The Hall–Kier alpha value is -3.73. The van der Waals surface area contributed by atoms with E-state index in [0.717, 1.165) is 11.8 Å². The number of benzene rings is 3. The molecule has 0 radical (unpaired) electrons. The Labute approximate surface area is 174 Å². The minimum atomic E-state index is -0.213. The van der Waals surface area contributed by atoms with E-state index < -0.39 is 0 Å². The van der Waals surface area contributed by atoms with E-state index in [-0.39, 0.29) is 18.0 Å². The van der Waals surface area contributed by atoms with Crippen molar-refractivity contribution in [3.8, 4) is 11.5 Å². The summed E-state index contributed by atoms with van der Waals surface area (Å²) in [4.78, 5) is 38.3. The van der Waals surface area contributed by atoms with Gasteiger partial charge in [0.05, 0.1) is 14.2 Å². The third kappa shape index (κ3) is 2.90. The summed E-state index contributed by atoms with van der Waals surface area (Å²) in [6.07, 6.45) is 1.02. The molecule has 0 saturated carbocycles. The van der Waals surface area contributed by atoms with E-state index in [9.17, 15) is 14.4 Å². The van der Waals surface area contributed by atoms with Crippen LogP contribution in [0.2, 0.25) is 0 Å². The van der Waals surface area contributed by atoms with Crippen LogP contribution in [0.5, 0.6) is 11.5 Å². The van der Waals surface area contributed by atoms with E-state index in [1.165, 1.54) is 14.2 Å². The van der Waals surface area contributed by atoms with Gasteiger partial charge in [-0.3, -0.25) is 14.4 Å². The predicted molar refractivity (Wildman–Crippen MR) is 112 cm³/mol. The summed E-state index contributed by atoms with van der Waals surface area (Å²) in [6, 6.07) is 13.7. The Morgan fingerprint density at radius 1 is 0.800 bits per heavy atom. The molecule has 0 bridgehead atoms. The molecule has 0 spiro atoms. The number of rotatable bonds is 5. The molecule has 0 unspecified atom stereocenters. The van der Waals surface area contributed by atoms with Crippen molar-refractivity contribution < 1.29 is 23.9 Å². The molecule has 0 N–H and O–H groups in total. The molecule has 0 atom stereocenters. The third-order valence-electron chi connectivity index (χ3n) is 5.65. The van der Waals surface area contributed by atoms with Crippen LogP contribution in [0.1, 0.15) is 58.9 Å². The Morgan fingerprint density at radius 3 is 2.10 bits per heavy atom. The molecule has 0 aromatic heterocycles. The van der Waals surface area contributed by atoms with Crippen LogP contribution in [0.4, 0.5) is 0 Å². The first kappa shape index (κ1) is 19.6. The van der Waals surface area contributed by atoms with Gasteiger partial charge in [-0.25, -0.2) is 0 Å². The third-order valence-corrected chi connectivity index (χ3v) is 5.65. The average Bonchev–Trinajstić information content (AvgIpc) is 2.78. The van der Waals surface area contributed by atoms with Gasteiger partial charge in [-0.2, -0.15) is 0 Å². The highest BCUT2D eigenvalue weighted by molar-refractivity contribution is 6.29. The molecule has 1 aliphatic carbocycles. The van der Waals surface area contributed by atoms with Crippen molar-refractivity contribution in [1.29, 1.82) is 0 Å². The molecule has 5 nitrogen and oxygen atoms in total. The Balaban J connectivity index is 2.00. The van der Waals surface area contributed by atoms with Gasteiger partial charge in [-0.15, -0.1) is 0 Å². The quantitative estimate of drug-likeness (QED) is 0.470. The second-order valence-corrected chi connectivity index (χ2v) is 7.13. The highest BCUT2D eigenvalue weighted by Gasteiger charge is 2.33. The van der Waals surface area contributed by atoms with E-state index in [1.54, 1.807) is 48.5 Å². The van der Waals surface area contributed by atoms with Gasteiger partial charge in [-0.05, 0) is 30.2 Å². The molecule has 1 aliphatic rings. The van der Waals surface area contributed by atoms with Gasteiger partial charge in [0.25, 0.3) is 0 Å². The van der Waals surface area contributed by atoms with Gasteiger partial charge in [0.2, 0.25) is 0 Å². The number of aldehydes is 1. The van der Waals surface area contributed by atoms with Crippen LogP contribution < -0.4 is 9.47 Å². The topological polar surface area (TPSA) is 69.7 Å². The predicted octanol–water partition coefficient (Wildman–Crippen LogP) is 4.19. The lowest BCUT2D eigenvalue weighted by molar-refractivity contribution is 0.0978. The number of carbonyl (C=O) groups excluding carboxylic acids is 3. The fraction of sp³-hybridized carbons (Fsp3) is 0.160. The average molecular weight is 400 g/mol. The Bertz CT molecular complexity index is 1210. The zero-order valence-electron chi connectivity index (χ0n) is 16.9. The lowest BCUT2D eigenvalue weighted by atomic mass is 9.78. The second-order valence-electron chi connectivity index (χ2n) is 7.13. The molecule has 0 aliphatic heterocycles. The van der Waals surface area contributed by atoms with Crippen molar-refractivity contribution in [2.24, 2.45) is 0 Å². The van der Waals surface area contributed by atoms with Crippen molar-refractivity contribution in [3.63, 3.8) is 0 Å². The summed E-state index contributed by atoms with van der Waals surface area (Å²) in [5, 5.41) is 0. The summed E-state index contributed by atoms with van der Waals surface area (Å²) in [6.45, 7) is 1.85. The molecule has 0 saturated heterocycles. The van der Waals surface area contributed by atoms with Crippen molar-refractivity contribution in [2.75, 3.05) is 14.2 Å². The molecule has 3 aromatic carbocycles. The zero-order chi connectivity index (χ0) is 21.4. The highest BCUT2D eigenvalue weighted by atomic mass is 16.5. The van der Waals surface area contributed by atoms with Crippen LogP contribution in [0.3, 0.4) is 0 Å². The Morgan fingerprint density at radius 2 is 1.47 bits per heavy atom. The van der Waals surface area contributed by atoms with Crippen molar-refractivity contribution >= 4 is 17.9 Å². The van der Waals surface area contributed by atoms with Gasteiger partial charge >= 0.3 is 0 Å². The molecular formula is C25H20O5. The van der Waals surface area contributed by atoms with Gasteiger partial charge in [0, 0.05) is 39.8 Å². The molecule has 3 aromatic rings. The normalized spacial score (nSPS) is 12.2. The number of hydrogen-bond donors (Lipinski definition) is 0. The zero-order valence-corrected chi connectivity index (χ0v) is 16.9. The molecule has 0 heterocycles. The minimum absolute atomic E-state index is 0.205. The number of ether oxygens (including phenoxy) is 2. The van der Waals surface area contributed by atoms with E-state index >= 15 is 0 Å². The van der Waals surface area contributed by atoms with Crippen LogP contribution in [-0.4, -0.2) is 32.1 Å². The van der Waals surface area contributed by atoms with E-state index in [4.69, 9.17) is 9.47 Å². The lowest BCUT2D eigenvalue weighted by Crippen LogP contribution is -2.24. The molecule has 4 rings (SSSR count). The summed E-state index contributed by atoms with van der Waals surface area (Å²) in [5.41, 5.74) is 3.99. The number of fused-ring (bicyclic) bond motifs is 2. The van der Waals surface area contributed by atoms with E-state index in [0.29, 0.717) is 50.4 Å². The molecule has 150 valence electrons.